The molecule has 1 aliphatic heterocycles. The zero-order chi connectivity index (χ0) is 13.7. The van der Waals surface area contributed by atoms with Crippen molar-refractivity contribution in [3.05, 3.63) is 16.1 Å². The van der Waals surface area contributed by atoms with Crippen molar-refractivity contribution < 1.29 is 4.79 Å². The van der Waals surface area contributed by atoms with E-state index in [0.29, 0.717) is 18.2 Å². The molecule has 0 aromatic carbocycles. The van der Waals surface area contributed by atoms with Gasteiger partial charge in [-0.3, -0.25) is 4.79 Å². The lowest BCUT2D eigenvalue weighted by Crippen LogP contribution is -2.40. The van der Waals surface area contributed by atoms with Crippen LogP contribution in [-0.4, -0.2) is 35.4 Å². The summed E-state index contributed by atoms with van der Waals surface area (Å²) >= 11 is 1.54. The molecule has 0 aliphatic carbocycles. The summed E-state index contributed by atoms with van der Waals surface area (Å²) in [5.74, 6) is 0.769. The van der Waals surface area contributed by atoms with Gasteiger partial charge in [0.2, 0.25) is 0 Å². The fraction of sp³-hybridized carbons (Fsp3) is 0.714. The summed E-state index contributed by atoms with van der Waals surface area (Å²) in [6.07, 6.45) is 5.56. The van der Waals surface area contributed by atoms with Crippen LogP contribution >= 0.6 is 23.7 Å². The summed E-state index contributed by atoms with van der Waals surface area (Å²) in [4.78, 5) is 18.8. The summed E-state index contributed by atoms with van der Waals surface area (Å²) in [5, 5.41) is 2.84. The Bertz CT molecular complexity index is 422. The largest absolute Gasteiger partial charge is 0.337 e. The van der Waals surface area contributed by atoms with E-state index in [0.717, 1.165) is 30.9 Å². The van der Waals surface area contributed by atoms with E-state index in [4.69, 9.17) is 5.73 Å². The molecule has 0 radical (unpaired) electrons. The molecule has 1 amide bonds. The van der Waals surface area contributed by atoms with Crippen molar-refractivity contribution in [1.82, 2.24) is 9.88 Å². The molecule has 1 aromatic rings. The van der Waals surface area contributed by atoms with E-state index in [1.54, 1.807) is 0 Å². The molecule has 2 heterocycles. The van der Waals surface area contributed by atoms with Crippen molar-refractivity contribution in [1.29, 1.82) is 0 Å². The lowest BCUT2D eigenvalue weighted by atomic mass is 9.93. The van der Waals surface area contributed by atoms with Crippen LogP contribution in [0.5, 0.6) is 0 Å². The van der Waals surface area contributed by atoms with Gasteiger partial charge in [-0.25, -0.2) is 4.98 Å². The standard InChI is InChI=1S/C14H23N3OS.ClH/c1-2-4-11-5-3-8-17(9-11)14(18)12-10-19-13(16-12)6-7-15;/h10-11H,2-9,15H2,1H3;1H. The Morgan fingerprint density at radius 1 is 1.60 bits per heavy atom. The molecule has 6 heteroatoms. The number of piperidine rings is 1. The summed E-state index contributed by atoms with van der Waals surface area (Å²) in [6, 6.07) is 0. The Hall–Kier alpha value is -0.650. The first-order valence-electron chi connectivity index (χ1n) is 7.18. The maximum Gasteiger partial charge on any atom is 0.273 e. The molecular formula is C14H24ClN3OS. The number of amides is 1. The van der Waals surface area contributed by atoms with Crippen molar-refractivity contribution in [2.24, 2.45) is 11.7 Å². The Labute approximate surface area is 131 Å². The highest BCUT2D eigenvalue weighted by molar-refractivity contribution is 7.09. The number of hydrogen-bond donors (Lipinski definition) is 1. The van der Waals surface area contributed by atoms with Crippen molar-refractivity contribution in [3.8, 4) is 0 Å². The van der Waals surface area contributed by atoms with Crippen LogP contribution < -0.4 is 5.73 Å². The number of nitrogens with zero attached hydrogens (tertiary/aromatic N) is 2. The molecular weight excluding hydrogens is 294 g/mol. The van der Waals surface area contributed by atoms with Crippen LogP contribution in [0.3, 0.4) is 0 Å². The number of hydrogen-bond acceptors (Lipinski definition) is 4. The minimum Gasteiger partial charge on any atom is -0.337 e. The lowest BCUT2D eigenvalue weighted by Gasteiger charge is -2.32. The third kappa shape index (κ3) is 4.43. The highest BCUT2D eigenvalue weighted by Gasteiger charge is 2.25. The van der Waals surface area contributed by atoms with Gasteiger partial charge in [-0.2, -0.15) is 0 Å². The average Bonchev–Trinajstić information content (AvgIpc) is 2.88. The SMILES string of the molecule is CCCC1CCCN(C(=O)c2csc(CCN)n2)C1.Cl. The molecule has 1 aromatic heterocycles. The second kappa shape index (κ2) is 8.60. The van der Waals surface area contributed by atoms with E-state index in [9.17, 15) is 4.79 Å². The molecule has 114 valence electrons. The number of halogens is 1. The van der Waals surface area contributed by atoms with Gasteiger partial charge in [0.25, 0.3) is 5.91 Å². The highest BCUT2D eigenvalue weighted by Crippen LogP contribution is 2.22. The maximum atomic E-state index is 12.4. The molecule has 2 N–H and O–H groups in total. The number of carbonyl (C=O) groups is 1. The van der Waals surface area contributed by atoms with Gasteiger partial charge in [-0.05, 0) is 31.7 Å². The first-order valence-corrected chi connectivity index (χ1v) is 8.06. The van der Waals surface area contributed by atoms with E-state index in [1.165, 1.54) is 30.6 Å². The van der Waals surface area contributed by atoms with E-state index in [-0.39, 0.29) is 18.3 Å². The van der Waals surface area contributed by atoms with Crippen molar-refractivity contribution in [2.45, 2.75) is 39.0 Å². The summed E-state index contributed by atoms with van der Waals surface area (Å²) < 4.78 is 0. The molecule has 0 spiro atoms. The van der Waals surface area contributed by atoms with Crippen molar-refractivity contribution in [2.75, 3.05) is 19.6 Å². The smallest absolute Gasteiger partial charge is 0.273 e. The van der Waals surface area contributed by atoms with E-state index >= 15 is 0 Å². The highest BCUT2D eigenvalue weighted by atomic mass is 35.5. The molecule has 1 saturated heterocycles. The Morgan fingerprint density at radius 2 is 2.40 bits per heavy atom. The zero-order valence-corrected chi connectivity index (χ0v) is 13.6. The molecule has 0 bridgehead atoms. The van der Waals surface area contributed by atoms with Gasteiger partial charge in [-0.15, -0.1) is 23.7 Å². The molecule has 0 saturated carbocycles. The quantitative estimate of drug-likeness (QED) is 0.908. The predicted molar refractivity (Wildman–Crippen MR) is 85.7 cm³/mol. The second-order valence-electron chi connectivity index (χ2n) is 5.21. The lowest BCUT2D eigenvalue weighted by molar-refractivity contribution is 0.0662. The Morgan fingerprint density at radius 3 is 3.10 bits per heavy atom. The molecule has 2 rings (SSSR count). The zero-order valence-electron chi connectivity index (χ0n) is 12.0. The minimum absolute atomic E-state index is 0. The number of aromatic nitrogens is 1. The van der Waals surface area contributed by atoms with Crippen molar-refractivity contribution in [3.63, 3.8) is 0 Å². The number of thiazole rings is 1. The molecule has 1 unspecified atom stereocenters. The van der Waals surface area contributed by atoms with Crippen LogP contribution in [0, 0.1) is 5.92 Å². The molecule has 20 heavy (non-hydrogen) atoms. The monoisotopic (exact) mass is 317 g/mol. The van der Waals surface area contributed by atoms with Crippen LogP contribution in [0.1, 0.15) is 48.1 Å². The number of rotatable bonds is 5. The number of nitrogens with two attached hydrogens (primary N) is 1. The van der Waals surface area contributed by atoms with Gasteiger partial charge >= 0.3 is 0 Å². The van der Waals surface area contributed by atoms with Crippen LogP contribution in [0.2, 0.25) is 0 Å². The van der Waals surface area contributed by atoms with E-state index in [2.05, 4.69) is 11.9 Å². The fourth-order valence-electron chi connectivity index (χ4n) is 2.70. The first kappa shape index (κ1) is 17.4. The van der Waals surface area contributed by atoms with Gasteiger partial charge in [0.1, 0.15) is 5.69 Å². The first-order chi connectivity index (χ1) is 9.24. The van der Waals surface area contributed by atoms with Crippen molar-refractivity contribution >= 4 is 29.7 Å². The van der Waals surface area contributed by atoms with Crippen LogP contribution in [0.4, 0.5) is 0 Å². The topological polar surface area (TPSA) is 59.2 Å². The summed E-state index contributed by atoms with van der Waals surface area (Å²) in [5.41, 5.74) is 6.11. The molecule has 1 fully saturated rings. The Balaban J connectivity index is 0.00000200. The Kier molecular flexibility index (Phi) is 7.48. The summed E-state index contributed by atoms with van der Waals surface area (Å²) in [7, 11) is 0. The van der Waals surface area contributed by atoms with Gasteiger partial charge in [0.15, 0.2) is 0 Å². The maximum absolute atomic E-state index is 12.4. The summed E-state index contributed by atoms with van der Waals surface area (Å²) in [6.45, 7) is 4.57. The predicted octanol–water partition coefficient (Wildman–Crippen LogP) is 2.72. The van der Waals surface area contributed by atoms with Gasteiger partial charge in [0.05, 0.1) is 5.01 Å². The number of carbonyl (C=O) groups excluding carboxylic acids is 1. The normalized spacial score (nSPS) is 18.7. The van der Waals surface area contributed by atoms with Gasteiger partial charge < -0.3 is 10.6 Å². The fourth-order valence-corrected chi connectivity index (χ4v) is 3.49. The van der Waals surface area contributed by atoms with E-state index in [1.807, 2.05) is 10.3 Å². The minimum atomic E-state index is 0. The molecule has 1 aliphatic rings. The van der Waals surface area contributed by atoms with Crippen LogP contribution in [0.15, 0.2) is 5.38 Å². The van der Waals surface area contributed by atoms with Crippen LogP contribution in [-0.2, 0) is 6.42 Å². The van der Waals surface area contributed by atoms with Crippen LogP contribution in [0.25, 0.3) is 0 Å². The third-order valence-electron chi connectivity index (χ3n) is 3.63. The average molecular weight is 318 g/mol. The molecule has 4 nitrogen and oxygen atoms in total. The van der Waals surface area contributed by atoms with Gasteiger partial charge in [-0.1, -0.05) is 13.3 Å². The second-order valence-corrected chi connectivity index (χ2v) is 6.16. The molecule has 1 atom stereocenters. The van der Waals surface area contributed by atoms with E-state index < -0.39 is 0 Å². The van der Waals surface area contributed by atoms with Gasteiger partial charge in [0, 0.05) is 24.9 Å². The number of likely N-dealkylation sites (tertiary alicyclic amines) is 1. The third-order valence-corrected chi connectivity index (χ3v) is 4.54.